The fraction of sp³-hybridized carbons (Fsp3) is 0.286. The number of amides is 1. The SMILES string of the molecule is CCOC(=O)C(=O)NCc1nnc(-c2ccc(OC)cc2)o1. The molecule has 0 unspecified atom stereocenters. The number of methoxy groups -OCH3 is 1. The summed E-state index contributed by atoms with van der Waals surface area (Å²) < 4.78 is 15.0. The first-order valence-corrected chi connectivity index (χ1v) is 6.55. The molecule has 0 radical (unpaired) electrons. The van der Waals surface area contributed by atoms with Crippen molar-refractivity contribution >= 4 is 11.9 Å². The number of carbonyl (C=O) groups is 2. The fourth-order valence-corrected chi connectivity index (χ4v) is 1.60. The van der Waals surface area contributed by atoms with Gasteiger partial charge in [-0.1, -0.05) is 0 Å². The third kappa shape index (κ3) is 3.81. The van der Waals surface area contributed by atoms with Crippen molar-refractivity contribution in [1.82, 2.24) is 15.5 Å². The van der Waals surface area contributed by atoms with Crippen LogP contribution in [0.25, 0.3) is 11.5 Å². The highest BCUT2D eigenvalue weighted by atomic mass is 16.5. The van der Waals surface area contributed by atoms with Gasteiger partial charge in [0.25, 0.3) is 0 Å². The maximum Gasteiger partial charge on any atom is 0.396 e. The highest BCUT2D eigenvalue weighted by molar-refractivity contribution is 6.32. The van der Waals surface area contributed by atoms with Crippen molar-refractivity contribution in [2.75, 3.05) is 13.7 Å². The van der Waals surface area contributed by atoms with Gasteiger partial charge in [-0.2, -0.15) is 0 Å². The molecule has 0 atom stereocenters. The Labute approximate surface area is 126 Å². The molecular formula is C14H15N3O5. The van der Waals surface area contributed by atoms with Gasteiger partial charge in [0.2, 0.25) is 11.8 Å². The quantitative estimate of drug-likeness (QED) is 0.647. The summed E-state index contributed by atoms with van der Waals surface area (Å²) in [4.78, 5) is 22.5. The van der Waals surface area contributed by atoms with E-state index in [9.17, 15) is 9.59 Å². The number of aromatic nitrogens is 2. The first kappa shape index (κ1) is 15.5. The summed E-state index contributed by atoms with van der Waals surface area (Å²) in [5.74, 6) is -0.597. The van der Waals surface area contributed by atoms with Crippen molar-refractivity contribution in [2.24, 2.45) is 0 Å². The van der Waals surface area contributed by atoms with E-state index in [0.717, 1.165) is 5.56 Å². The lowest BCUT2D eigenvalue weighted by atomic mass is 10.2. The Hall–Kier alpha value is -2.90. The number of benzene rings is 1. The lowest BCUT2D eigenvalue weighted by molar-refractivity contribution is -0.154. The van der Waals surface area contributed by atoms with E-state index in [1.54, 1.807) is 38.3 Å². The van der Waals surface area contributed by atoms with Crippen LogP contribution in [0.2, 0.25) is 0 Å². The van der Waals surface area contributed by atoms with Crippen molar-refractivity contribution in [2.45, 2.75) is 13.5 Å². The summed E-state index contributed by atoms with van der Waals surface area (Å²) in [6.45, 7) is 1.69. The third-order valence-electron chi connectivity index (χ3n) is 2.66. The Morgan fingerprint density at radius 3 is 2.59 bits per heavy atom. The summed E-state index contributed by atoms with van der Waals surface area (Å²) in [6, 6.07) is 7.07. The second kappa shape index (κ2) is 7.21. The van der Waals surface area contributed by atoms with Crippen molar-refractivity contribution in [3.8, 4) is 17.2 Å². The van der Waals surface area contributed by atoms with Gasteiger partial charge < -0.3 is 19.2 Å². The molecule has 1 N–H and O–H groups in total. The molecule has 116 valence electrons. The number of esters is 1. The molecule has 1 amide bonds. The molecule has 0 saturated carbocycles. The van der Waals surface area contributed by atoms with Gasteiger partial charge in [0.15, 0.2) is 0 Å². The molecule has 0 spiro atoms. The average molecular weight is 305 g/mol. The fourth-order valence-electron chi connectivity index (χ4n) is 1.60. The van der Waals surface area contributed by atoms with Gasteiger partial charge in [-0.3, -0.25) is 4.79 Å². The zero-order valence-corrected chi connectivity index (χ0v) is 12.2. The Morgan fingerprint density at radius 1 is 1.23 bits per heavy atom. The second-order valence-corrected chi connectivity index (χ2v) is 4.13. The van der Waals surface area contributed by atoms with Crippen LogP contribution in [0.1, 0.15) is 12.8 Å². The lowest BCUT2D eigenvalue weighted by Crippen LogP contribution is -2.32. The number of nitrogens with one attached hydrogen (secondary N) is 1. The van der Waals surface area contributed by atoms with Crippen molar-refractivity contribution < 1.29 is 23.5 Å². The summed E-state index contributed by atoms with van der Waals surface area (Å²) in [6.07, 6.45) is 0. The molecule has 22 heavy (non-hydrogen) atoms. The Kier molecular flexibility index (Phi) is 5.07. The molecule has 0 bridgehead atoms. The van der Waals surface area contributed by atoms with Crippen LogP contribution >= 0.6 is 0 Å². The van der Waals surface area contributed by atoms with Crippen LogP contribution in [0.4, 0.5) is 0 Å². The Balaban J connectivity index is 1.96. The maximum absolute atomic E-state index is 11.4. The number of hydrogen-bond donors (Lipinski definition) is 1. The third-order valence-corrected chi connectivity index (χ3v) is 2.66. The number of hydrogen-bond acceptors (Lipinski definition) is 7. The molecule has 1 aromatic carbocycles. The Bertz CT molecular complexity index is 651. The average Bonchev–Trinajstić information content (AvgIpc) is 3.02. The monoisotopic (exact) mass is 305 g/mol. The van der Waals surface area contributed by atoms with Gasteiger partial charge in [-0.05, 0) is 31.2 Å². The van der Waals surface area contributed by atoms with Crippen molar-refractivity contribution in [1.29, 1.82) is 0 Å². The second-order valence-electron chi connectivity index (χ2n) is 4.13. The van der Waals surface area contributed by atoms with Gasteiger partial charge in [0.1, 0.15) is 5.75 Å². The minimum Gasteiger partial charge on any atom is -0.497 e. The predicted octanol–water partition coefficient (Wildman–Crippen LogP) is 0.924. The van der Waals surface area contributed by atoms with E-state index in [-0.39, 0.29) is 19.0 Å². The molecule has 0 saturated heterocycles. The molecule has 8 nitrogen and oxygen atoms in total. The minimum atomic E-state index is -0.947. The standard InChI is InChI=1S/C14H15N3O5/c1-3-21-14(19)12(18)15-8-11-16-17-13(22-11)9-4-6-10(20-2)7-5-9/h4-7H,3,8H2,1-2H3,(H,15,18). The van der Waals surface area contributed by atoms with Crippen LogP contribution in [0.5, 0.6) is 5.75 Å². The Morgan fingerprint density at radius 2 is 1.95 bits per heavy atom. The van der Waals surface area contributed by atoms with Crippen molar-refractivity contribution in [3.63, 3.8) is 0 Å². The van der Waals surface area contributed by atoms with E-state index < -0.39 is 11.9 Å². The van der Waals surface area contributed by atoms with E-state index in [1.165, 1.54) is 0 Å². The summed E-state index contributed by atoms with van der Waals surface area (Å²) in [7, 11) is 1.58. The molecule has 2 aromatic rings. The highest BCUT2D eigenvalue weighted by Crippen LogP contribution is 2.20. The van der Waals surface area contributed by atoms with Crippen molar-refractivity contribution in [3.05, 3.63) is 30.2 Å². The number of nitrogens with zero attached hydrogens (tertiary/aromatic N) is 2. The summed E-state index contributed by atoms with van der Waals surface area (Å²) in [5, 5.41) is 10.0. The van der Waals surface area contributed by atoms with Gasteiger partial charge in [-0.15, -0.1) is 10.2 Å². The van der Waals surface area contributed by atoms with E-state index in [4.69, 9.17) is 9.15 Å². The number of carbonyl (C=O) groups excluding carboxylic acids is 2. The van der Waals surface area contributed by atoms with Gasteiger partial charge in [0.05, 0.1) is 20.3 Å². The molecule has 1 aromatic heterocycles. The molecule has 0 aliphatic rings. The molecule has 8 heteroatoms. The van der Waals surface area contributed by atoms with Gasteiger partial charge >= 0.3 is 11.9 Å². The minimum absolute atomic E-state index is 0.0548. The van der Waals surface area contributed by atoms with Crippen LogP contribution in [0.3, 0.4) is 0 Å². The molecule has 0 aliphatic heterocycles. The summed E-state index contributed by atoms with van der Waals surface area (Å²) in [5.41, 5.74) is 0.719. The molecular weight excluding hydrogens is 290 g/mol. The van der Waals surface area contributed by atoms with E-state index in [0.29, 0.717) is 11.6 Å². The summed E-state index contributed by atoms with van der Waals surface area (Å²) >= 11 is 0. The van der Waals surface area contributed by atoms with E-state index in [1.807, 2.05) is 0 Å². The number of rotatable bonds is 5. The normalized spacial score (nSPS) is 10.1. The lowest BCUT2D eigenvalue weighted by Gasteiger charge is -2.01. The van der Waals surface area contributed by atoms with Crippen LogP contribution in [-0.2, 0) is 20.9 Å². The van der Waals surface area contributed by atoms with Gasteiger partial charge in [0, 0.05) is 5.56 Å². The molecule has 2 rings (SSSR count). The topological polar surface area (TPSA) is 104 Å². The van der Waals surface area contributed by atoms with Gasteiger partial charge in [-0.25, -0.2) is 4.79 Å². The van der Waals surface area contributed by atoms with E-state index in [2.05, 4.69) is 20.3 Å². The van der Waals surface area contributed by atoms with Crippen LogP contribution in [-0.4, -0.2) is 35.8 Å². The van der Waals surface area contributed by atoms with E-state index >= 15 is 0 Å². The largest absolute Gasteiger partial charge is 0.497 e. The zero-order chi connectivity index (χ0) is 15.9. The first-order chi connectivity index (χ1) is 10.6. The maximum atomic E-state index is 11.4. The predicted molar refractivity (Wildman–Crippen MR) is 74.8 cm³/mol. The number of ether oxygens (including phenoxy) is 2. The zero-order valence-electron chi connectivity index (χ0n) is 12.2. The van der Waals surface area contributed by atoms with Crippen LogP contribution in [0.15, 0.2) is 28.7 Å². The highest BCUT2D eigenvalue weighted by Gasteiger charge is 2.16. The smallest absolute Gasteiger partial charge is 0.396 e. The van der Waals surface area contributed by atoms with Crippen LogP contribution in [0, 0.1) is 0 Å². The van der Waals surface area contributed by atoms with Crippen LogP contribution < -0.4 is 10.1 Å². The first-order valence-electron chi connectivity index (χ1n) is 6.55. The molecule has 0 fully saturated rings. The molecule has 0 aliphatic carbocycles. The molecule has 1 heterocycles.